The van der Waals surface area contributed by atoms with Gasteiger partial charge in [-0.1, -0.05) is 6.58 Å². The van der Waals surface area contributed by atoms with Crippen LogP contribution >= 0.6 is 0 Å². The van der Waals surface area contributed by atoms with E-state index in [-0.39, 0.29) is 12.2 Å². The van der Waals surface area contributed by atoms with Crippen LogP contribution in [0.3, 0.4) is 0 Å². The number of aliphatic carboxylic acids is 1. The molecule has 0 aliphatic carbocycles. The monoisotopic (exact) mass is 188 g/mol. The van der Waals surface area contributed by atoms with Gasteiger partial charge in [0.1, 0.15) is 5.78 Å². The molecule has 0 bridgehead atoms. The Morgan fingerprint density at radius 3 is 1.77 bits per heavy atom. The maximum Gasteiger partial charge on any atom is 0.327 e. The van der Waals surface area contributed by atoms with E-state index in [2.05, 4.69) is 6.58 Å². The zero-order valence-electron chi connectivity index (χ0n) is 8.20. The normalized spacial score (nSPS) is 9.54. The molecule has 0 aliphatic rings. The van der Waals surface area contributed by atoms with Crippen molar-refractivity contribution in [3.05, 3.63) is 12.7 Å². The SMILES string of the molecule is C=CC(=O)O.CC(=O)CC(C)(C)O. The van der Waals surface area contributed by atoms with Gasteiger partial charge in [0.05, 0.1) is 5.60 Å². The topological polar surface area (TPSA) is 74.6 Å². The summed E-state index contributed by atoms with van der Waals surface area (Å²) in [6.07, 6.45) is 1.08. The molecule has 0 saturated heterocycles. The van der Waals surface area contributed by atoms with Gasteiger partial charge in [0.25, 0.3) is 0 Å². The molecule has 0 unspecified atom stereocenters. The lowest BCUT2D eigenvalue weighted by molar-refractivity contribution is -0.131. The van der Waals surface area contributed by atoms with Crippen molar-refractivity contribution in [2.45, 2.75) is 32.8 Å². The highest BCUT2D eigenvalue weighted by molar-refractivity contribution is 5.78. The van der Waals surface area contributed by atoms with Gasteiger partial charge in [-0.2, -0.15) is 0 Å². The van der Waals surface area contributed by atoms with E-state index in [4.69, 9.17) is 10.2 Å². The van der Waals surface area contributed by atoms with Crippen molar-refractivity contribution in [2.24, 2.45) is 0 Å². The predicted molar refractivity (Wildman–Crippen MR) is 49.4 cm³/mol. The van der Waals surface area contributed by atoms with Gasteiger partial charge in [-0.3, -0.25) is 4.79 Å². The molecule has 4 nitrogen and oxygen atoms in total. The molecule has 0 aromatic heterocycles. The highest BCUT2D eigenvalue weighted by Crippen LogP contribution is 2.06. The van der Waals surface area contributed by atoms with E-state index in [0.717, 1.165) is 6.08 Å². The quantitative estimate of drug-likeness (QED) is 0.648. The minimum atomic E-state index is -0.981. The molecule has 2 N–H and O–H groups in total. The fourth-order valence-corrected chi connectivity index (χ4v) is 0.609. The van der Waals surface area contributed by atoms with Gasteiger partial charge in [0, 0.05) is 12.5 Å². The van der Waals surface area contributed by atoms with Crippen LogP contribution in [-0.4, -0.2) is 27.6 Å². The molecule has 0 aromatic carbocycles. The van der Waals surface area contributed by atoms with Crippen molar-refractivity contribution < 1.29 is 19.8 Å². The second kappa shape index (κ2) is 6.37. The van der Waals surface area contributed by atoms with Gasteiger partial charge < -0.3 is 10.2 Å². The summed E-state index contributed by atoms with van der Waals surface area (Å²) >= 11 is 0. The summed E-state index contributed by atoms with van der Waals surface area (Å²) in [6.45, 7) is 7.67. The fraction of sp³-hybridized carbons (Fsp3) is 0.556. The molecule has 0 fully saturated rings. The van der Waals surface area contributed by atoms with Crippen LogP contribution in [0.4, 0.5) is 0 Å². The Labute approximate surface area is 77.9 Å². The highest BCUT2D eigenvalue weighted by atomic mass is 16.4. The molecule has 76 valence electrons. The van der Waals surface area contributed by atoms with Crippen molar-refractivity contribution in [1.29, 1.82) is 0 Å². The number of ketones is 1. The Hall–Kier alpha value is -1.16. The van der Waals surface area contributed by atoms with E-state index >= 15 is 0 Å². The predicted octanol–water partition coefficient (Wildman–Crippen LogP) is 0.993. The van der Waals surface area contributed by atoms with Crippen LogP contribution in [-0.2, 0) is 9.59 Å². The summed E-state index contributed by atoms with van der Waals surface area (Å²) in [4.78, 5) is 19.5. The zero-order chi connectivity index (χ0) is 11.1. The van der Waals surface area contributed by atoms with Crippen LogP contribution in [0.2, 0.25) is 0 Å². The van der Waals surface area contributed by atoms with E-state index in [1.165, 1.54) is 6.92 Å². The van der Waals surface area contributed by atoms with Crippen molar-refractivity contribution >= 4 is 11.8 Å². The van der Waals surface area contributed by atoms with Gasteiger partial charge in [0.15, 0.2) is 0 Å². The Morgan fingerprint density at radius 1 is 1.46 bits per heavy atom. The number of Topliss-reactive ketones (excluding diaryl/α,β-unsaturated/α-hetero) is 1. The molecule has 0 aromatic rings. The van der Waals surface area contributed by atoms with Crippen LogP contribution in [0.1, 0.15) is 27.2 Å². The third-order valence-electron chi connectivity index (χ3n) is 0.856. The zero-order valence-corrected chi connectivity index (χ0v) is 8.20. The number of carbonyl (C=O) groups is 2. The summed E-state index contributed by atoms with van der Waals surface area (Å²) < 4.78 is 0. The number of carbonyl (C=O) groups excluding carboxylic acids is 1. The first-order chi connectivity index (χ1) is 5.69. The van der Waals surface area contributed by atoms with Crippen LogP contribution < -0.4 is 0 Å². The average Bonchev–Trinajstić information content (AvgIpc) is 1.83. The highest BCUT2D eigenvalue weighted by Gasteiger charge is 2.13. The number of carboxylic acids is 1. The summed E-state index contributed by atoms with van der Waals surface area (Å²) in [6, 6.07) is 0. The Kier molecular flexibility index (Phi) is 7.04. The van der Waals surface area contributed by atoms with E-state index in [1.54, 1.807) is 13.8 Å². The second-order valence-electron chi connectivity index (χ2n) is 3.23. The molecular formula is C9H16O4. The smallest absolute Gasteiger partial charge is 0.327 e. The fourth-order valence-electron chi connectivity index (χ4n) is 0.609. The van der Waals surface area contributed by atoms with Crippen molar-refractivity contribution in [2.75, 3.05) is 0 Å². The summed E-state index contributed by atoms with van der Waals surface area (Å²) in [5, 5.41) is 16.6. The molecule has 0 amide bonds. The Bertz CT molecular complexity index is 188. The number of hydrogen-bond donors (Lipinski definition) is 2. The molecular weight excluding hydrogens is 172 g/mol. The van der Waals surface area contributed by atoms with E-state index in [9.17, 15) is 9.59 Å². The molecule has 4 heteroatoms. The number of aliphatic hydroxyl groups is 1. The van der Waals surface area contributed by atoms with Crippen LogP contribution in [0.25, 0.3) is 0 Å². The third-order valence-corrected chi connectivity index (χ3v) is 0.856. The molecule has 0 radical (unpaired) electrons. The molecule has 0 spiro atoms. The Balaban J connectivity index is 0. The third kappa shape index (κ3) is 24.8. The molecule has 0 saturated carbocycles. The average molecular weight is 188 g/mol. The lowest BCUT2D eigenvalue weighted by atomic mass is 10.0. The lowest BCUT2D eigenvalue weighted by Gasteiger charge is -2.13. The van der Waals surface area contributed by atoms with Gasteiger partial charge in [0.2, 0.25) is 0 Å². The lowest BCUT2D eigenvalue weighted by Crippen LogP contribution is -2.21. The first-order valence-electron chi connectivity index (χ1n) is 3.76. The first kappa shape index (κ1) is 14.4. The Morgan fingerprint density at radius 2 is 1.77 bits per heavy atom. The van der Waals surface area contributed by atoms with Gasteiger partial charge in [-0.05, 0) is 20.8 Å². The number of rotatable bonds is 3. The summed E-state index contributed by atoms with van der Waals surface area (Å²) in [5.74, 6) is -0.956. The molecule has 0 aliphatic heterocycles. The molecule has 0 rings (SSSR count). The van der Waals surface area contributed by atoms with Crippen LogP contribution in [0.5, 0.6) is 0 Å². The second-order valence-corrected chi connectivity index (χ2v) is 3.23. The van der Waals surface area contributed by atoms with E-state index in [1.807, 2.05) is 0 Å². The number of hydrogen-bond acceptors (Lipinski definition) is 3. The van der Waals surface area contributed by atoms with Crippen LogP contribution in [0, 0.1) is 0 Å². The minimum absolute atomic E-state index is 0.0255. The first-order valence-corrected chi connectivity index (χ1v) is 3.76. The van der Waals surface area contributed by atoms with E-state index in [0.29, 0.717) is 0 Å². The number of carboxylic acid groups (broad SMARTS) is 1. The van der Waals surface area contributed by atoms with Crippen molar-refractivity contribution in [3.63, 3.8) is 0 Å². The van der Waals surface area contributed by atoms with Gasteiger partial charge in [-0.25, -0.2) is 4.79 Å². The van der Waals surface area contributed by atoms with Crippen LogP contribution in [0.15, 0.2) is 12.7 Å². The van der Waals surface area contributed by atoms with Gasteiger partial charge in [-0.15, -0.1) is 0 Å². The largest absolute Gasteiger partial charge is 0.478 e. The molecule has 0 heterocycles. The molecule has 0 atom stereocenters. The maximum atomic E-state index is 10.3. The van der Waals surface area contributed by atoms with Crippen molar-refractivity contribution in [3.8, 4) is 0 Å². The van der Waals surface area contributed by atoms with Gasteiger partial charge >= 0.3 is 5.97 Å². The standard InChI is InChI=1S/C6H12O2.C3H4O2/c1-5(7)4-6(2,3)8;1-2-3(4)5/h8H,4H2,1-3H3;2H,1H2,(H,4,5). The van der Waals surface area contributed by atoms with Crippen molar-refractivity contribution in [1.82, 2.24) is 0 Å². The molecule has 13 heavy (non-hydrogen) atoms. The van der Waals surface area contributed by atoms with E-state index < -0.39 is 11.6 Å². The minimum Gasteiger partial charge on any atom is -0.478 e. The maximum absolute atomic E-state index is 10.3. The summed E-state index contributed by atoms with van der Waals surface area (Å²) in [7, 11) is 0. The summed E-state index contributed by atoms with van der Waals surface area (Å²) in [5.41, 5.74) is -0.828.